The average molecular weight is 272 g/mol. The van der Waals surface area contributed by atoms with Gasteiger partial charge in [0.1, 0.15) is 6.17 Å². The molecule has 0 spiro atoms. The molecule has 82 valence electrons. The summed E-state index contributed by atoms with van der Waals surface area (Å²) < 4.78 is 14.0. The highest BCUT2D eigenvalue weighted by Gasteiger charge is 2.17. The molecule has 0 radical (unpaired) electrons. The minimum atomic E-state index is -0.578. The minimum Gasteiger partial charge on any atom is -0.299 e. The first-order chi connectivity index (χ1) is 7.24. The molecule has 1 nitrogen and oxygen atoms in total. The van der Waals surface area contributed by atoms with Crippen LogP contribution < -0.4 is 0 Å². The van der Waals surface area contributed by atoms with Gasteiger partial charge >= 0.3 is 0 Å². The highest BCUT2D eigenvalue weighted by molar-refractivity contribution is 9.10. The Morgan fingerprint density at radius 3 is 2.40 bits per heavy atom. The van der Waals surface area contributed by atoms with Crippen LogP contribution in [0.3, 0.4) is 0 Å². The summed E-state index contributed by atoms with van der Waals surface area (Å²) in [6, 6.07) is 8.34. The first kappa shape index (κ1) is 11.1. The summed E-state index contributed by atoms with van der Waals surface area (Å²) in [5.41, 5.74) is 1.30. The minimum absolute atomic E-state index is 0.578. The number of benzene rings is 1. The molecule has 2 rings (SSSR count). The molecule has 1 fully saturated rings. The van der Waals surface area contributed by atoms with Crippen LogP contribution >= 0.6 is 15.9 Å². The molecule has 0 saturated carbocycles. The highest BCUT2D eigenvalue weighted by atomic mass is 79.9. The molecule has 1 heterocycles. The zero-order valence-electron chi connectivity index (χ0n) is 8.63. The monoisotopic (exact) mass is 271 g/mol. The molecule has 1 aromatic carbocycles. The summed E-state index contributed by atoms with van der Waals surface area (Å²) in [5.74, 6) is 0. The van der Waals surface area contributed by atoms with E-state index in [0.29, 0.717) is 12.8 Å². The number of hydrogen-bond acceptors (Lipinski definition) is 1. The van der Waals surface area contributed by atoms with Gasteiger partial charge in [-0.25, -0.2) is 4.39 Å². The number of nitrogens with zero attached hydrogens (tertiary/aromatic N) is 1. The van der Waals surface area contributed by atoms with E-state index < -0.39 is 6.17 Å². The van der Waals surface area contributed by atoms with E-state index >= 15 is 0 Å². The maximum Gasteiger partial charge on any atom is 0.103 e. The summed E-state index contributed by atoms with van der Waals surface area (Å²) in [4.78, 5) is 2.32. The number of hydrogen-bond donors (Lipinski definition) is 0. The van der Waals surface area contributed by atoms with E-state index in [9.17, 15) is 4.39 Å². The fraction of sp³-hybridized carbons (Fsp3) is 0.500. The maximum atomic E-state index is 12.9. The predicted molar refractivity (Wildman–Crippen MR) is 63.5 cm³/mol. The van der Waals surface area contributed by atoms with E-state index in [4.69, 9.17) is 0 Å². The van der Waals surface area contributed by atoms with Gasteiger partial charge in [0.2, 0.25) is 0 Å². The number of likely N-dealkylation sites (tertiary alicyclic amines) is 1. The molecule has 1 aliphatic heterocycles. The Morgan fingerprint density at radius 1 is 1.20 bits per heavy atom. The second-order valence-electron chi connectivity index (χ2n) is 4.08. The molecule has 3 heteroatoms. The van der Waals surface area contributed by atoms with E-state index in [1.165, 1.54) is 5.56 Å². The van der Waals surface area contributed by atoms with Crippen LogP contribution in [0.2, 0.25) is 0 Å². The van der Waals surface area contributed by atoms with Crippen molar-refractivity contribution in [2.75, 3.05) is 13.1 Å². The highest BCUT2D eigenvalue weighted by Crippen LogP contribution is 2.17. The Bertz CT molecular complexity index is 304. The number of alkyl halides is 1. The second kappa shape index (κ2) is 5.08. The van der Waals surface area contributed by atoms with Gasteiger partial charge in [0.15, 0.2) is 0 Å². The fourth-order valence-electron chi connectivity index (χ4n) is 1.91. The van der Waals surface area contributed by atoms with E-state index in [2.05, 4.69) is 45.1 Å². The molecule has 0 bridgehead atoms. The van der Waals surface area contributed by atoms with Gasteiger partial charge < -0.3 is 0 Å². The predicted octanol–water partition coefficient (Wildman–Crippen LogP) is 3.38. The second-order valence-corrected chi connectivity index (χ2v) is 4.99. The molecule has 0 atom stereocenters. The molecule has 0 unspecified atom stereocenters. The largest absolute Gasteiger partial charge is 0.299 e. The van der Waals surface area contributed by atoms with Crippen molar-refractivity contribution in [2.24, 2.45) is 0 Å². The van der Waals surface area contributed by atoms with Crippen molar-refractivity contribution in [1.82, 2.24) is 4.90 Å². The lowest BCUT2D eigenvalue weighted by Crippen LogP contribution is -2.33. The molecule has 1 saturated heterocycles. The molecule has 0 N–H and O–H groups in total. The van der Waals surface area contributed by atoms with E-state index in [-0.39, 0.29) is 0 Å². The van der Waals surface area contributed by atoms with Crippen molar-refractivity contribution < 1.29 is 4.39 Å². The molecular formula is C12H15BrFN. The van der Waals surface area contributed by atoms with Crippen LogP contribution in [0.25, 0.3) is 0 Å². The molecule has 1 aliphatic rings. The van der Waals surface area contributed by atoms with Gasteiger partial charge in [0.05, 0.1) is 0 Å². The Balaban J connectivity index is 1.89. The van der Waals surface area contributed by atoms with Crippen molar-refractivity contribution in [3.8, 4) is 0 Å². The zero-order valence-corrected chi connectivity index (χ0v) is 10.2. The standard InChI is InChI=1S/C12H15BrFN/c13-11-3-1-10(2-4-11)9-15-7-5-12(14)6-8-15/h1-4,12H,5-9H2. The number of rotatable bonds is 2. The lowest BCUT2D eigenvalue weighted by atomic mass is 10.1. The van der Waals surface area contributed by atoms with Gasteiger partial charge in [-0.1, -0.05) is 28.1 Å². The van der Waals surface area contributed by atoms with Gasteiger partial charge in [0, 0.05) is 24.1 Å². The van der Waals surface area contributed by atoms with E-state index in [0.717, 1.165) is 24.1 Å². The van der Waals surface area contributed by atoms with Crippen molar-refractivity contribution in [2.45, 2.75) is 25.6 Å². The summed E-state index contributed by atoms with van der Waals surface area (Å²) in [5, 5.41) is 0. The van der Waals surface area contributed by atoms with Gasteiger partial charge in [-0.05, 0) is 30.5 Å². The Hall–Kier alpha value is -0.410. The Kier molecular flexibility index (Phi) is 3.76. The molecular weight excluding hydrogens is 257 g/mol. The molecule has 0 amide bonds. The van der Waals surface area contributed by atoms with E-state index in [1.54, 1.807) is 0 Å². The van der Waals surface area contributed by atoms with Crippen molar-refractivity contribution in [3.63, 3.8) is 0 Å². The third-order valence-corrected chi connectivity index (χ3v) is 3.37. The van der Waals surface area contributed by atoms with Gasteiger partial charge in [-0.15, -0.1) is 0 Å². The summed E-state index contributed by atoms with van der Waals surface area (Å²) >= 11 is 3.42. The van der Waals surface area contributed by atoms with Crippen molar-refractivity contribution in [3.05, 3.63) is 34.3 Å². The van der Waals surface area contributed by atoms with Crippen molar-refractivity contribution in [1.29, 1.82) is 0 Å². The SMILES string of the molecule is FC1CCN(Cc2ccc(Br)cc2)CC1. The quantitative estimate of drug-likeness (QED) is 0.797. The van der Waals surface area contributed by atoms with Crippen LogP contribution in [0.4, 0.5) is 4.39 Å². The van der Waals surface area contributed by atoms with Crippen LogP contribution in [0.1, 0.15) is 18.4 Å². The Labute approximate surface area is 98.4 Å². The average Bonchev–Trinajstić information content (AvgIpc) is 2.25. The van der Waals surface area contributed by atoms with E-state index in [1.807, 2.05) is 0 Å². The van der Waals surface area contributed by atoms with Crippen LogP contribution in [0.5, 0.6) is 0 Å². The fourth-order valence-corrected chi connectivity index (χ4v) is 2.17. The van der Waals surface area contributed by atoms with Gasteiger partial charge in [-0.2, -0.15) is 0 Å². The normalized spacial score (nSPS) is 19.3. The van der Waals surface area contributed by atoms with Gasteiger partial charge in [-0.3, -0.25) is 4.90 Å². The smallest absolute Gasteiger partial charge is 0.103 e. The van der Waals surface area contributed by atoms with Crippen LogP contribution in [-0.4, -0.2) is 24.2 Å². The van der Waals surface area contributed by atoms with Crippen LogP contribution in [-0.2, 0) is 6.54 Å². The van der Waals surface area contributed by atoms with Crippen LogP contribution in [0, 0.1) is 0 Å². The molecule has 0 aliphatic carbocycles. The third-order valence-electron chi connectivity index (χ3n) is 2.84. The summed E-state index contributed by atoms with van der Waals surface area (Å²) in [6.07, 6.45) is 0.804. The number of halogens is 2. The Morgan fingerprint density at radius 2 is 1.80 bits per heavy atom. The maximum absolute atomic E-state index is 12.9. The molecule has 1 aromatic rings. The van der Waals surface area contributed by atoms with Gasteiger partial charge in [0.25, 0.3) is 0 Å². The molecule has 15 heavy (non-hydrogen) atoms. The lowest BCUT2D eigenvalue weighted by Gasteiger charge is -2.28. The first-order valence-electron chi connectivity index (χ1n) is 5.35. The van der Waals surface area contributed by atoms with Crippen LogP contribution in [0.15, 0.2) is 28.7 Å². The third kappa shape index (κ3) is 3.28. The zero-order chi connectivity index (χ0) is 10.7. The lowest BCUT2D eigenvalue weighted by molar-refractivity contribution is 0.145. The summed E-state index contributed by atoms with van der Waals surface area (Å²) in [6.45, 7) is 2.72. The first-order valence-corrected chi connectivity index (χ1v) is 6.14. The number of piperidine rings is 1. The van der Waals surface area contributed by atoms with Crippen molar-refractivity contribution >= 4 is 15.9 Å². The topological polar surface area (TPSA) is 3.24 Å². The summed E-state index contributed by atoms with van der Waals surface area (Å²) in [7, 11) is 0. The molecule has 0 aromatic heterocycles.